The van der Waals surface area contributed by atoms with E-state index in [2.05, 4.69) is 4.99 Å². The lowest BCUT2D eigenvalue weighted by Gasteiger charge is -2.03. The van der Waals surface area contributed by atoms with Gasteiger partial charge in [0.1, 0.15) is 0 Å². The van der Waals surface area contributed by atoms with Gasteiger partial charge in [-0.1, -0.05) is 41.9 Å². The first-order valence-electron chi connectivity index (χ1n) is 5.84. The van der Waals surface area contributed by atoms with Crippen LogP contribution in [-0.4, -0.2) is 11.9 Å². The number of esters is 1. The maximum atomic E-state index is 11.9. The molecule has 1 aliphatic heterocycles. The minimum absolute atomic E-state index is 0.357. The molecule has 0 N–H and O–H groups in total. The summed E-state index contributed by atoms with van der Waals surface area (Å²) in [4.78, 5) is 16.2. The molecule has 0 saturated carbocycles. The van der Waals surface area contributed by atoms with E-state index in [0.717, 1.165) is 11.1 Å². The van der Waals surface area contributed by atoms with E-state index in [9.17, 15) is 4.79 Å². The van der Waals surface area contributed by atoms with Crippen LogP contribution >= 0.6 is 11.6 Å². The molecule has 19 heavy (non-hydrogen) atoms. The van der Waals surface area contributed by atoms with Gasteiger partial charge in [-0.2, -0.15) is 0 Å². The molecule has 4 heteroatoms. The van der Waals surface area contributed by atoms with E-state index in [4.69, 9.17) is 16.3 Å². The van der Waals surface area contributed by atoms with Crippen LogP contribution < -0.4 is 0 Å². The highest BCUT2D eigenvalue weighted by Crippen LogP contribution is 2.27. The average Bonchev–Trinajstić information content (AvgIpc) is 2.82. The Hall–Kier alpha value is -2.13. The Morgan fingerprint density at radius 2 is 1.84 bits per heavy atom. The van der Waals surface area contributed by atoms with Gasteiger partial charge >= 0.3 is 5.97 Å². The Balaban J connectivity index is 1.96. The van der Waals surface area contributed by atoms with Crippen molar-refractivity contribution in [3.05, 3.63) is 70.7 Å². The normalized spacial score (nSPS) is 18.1. The zero-order chi connectivity index (χ0) is 13.2. The number of halogens is 1. The number of carbonyl (C=O) groups is 1. The first-order chi connectivity index (χ1) is 9.24. The van der Waals surface area contributed by atoms with E-state index in [1.54, 1.807) is 18.2 Å². The van der Waals surface area contributed by atoms with Gasteiger partial charge in [0, 0.05) is 10.6 Å². The lowest BCUT2D eigenvalue weighted by atomic mass is 10.1. The lowest BCUT2D eigenvalue weighted by molar-refractivity contribution is -0.135. The molecule has 3 nitrogen and oxygen atoms in total. The van der Waals surface area contributed by atoms with Crippen molar-refractivity contribution >= 4 is 23.5 Å². The summed E-state index contributed by atoms with van der Waals surface area (Å²) in [6.45, 7) is 0. The predicted molar refractivity (Wildman–Crippen MR) is 73.3 cm³/mol. The van der Waals surface area contributed by atoms with Crippen LogP contribution in [0.25, 0.3) is 0 Å². The molecule has 0 fully saturated rings. The maximum absolute atomic E-state index is 11.9. The van der Waals surface area contributed by atoms with Gasteiger partial charge in [-0.25, -0.2) is 9.79 Å². The van der Waals surface area contributed by atoms with Crippen LogP contribution in [0.3, 0.4) is 0 Å². The highest BCUT2D eigenvalue weighted by Gasteiger charge is 2.31. The zero-order valence-corrected chi connectivity index (χ0v) is 10.7. The van der Waals surface area contributed by atoms with Gasteiger partial charge in [-0.15, -0.1) is 0 Å². The second-order valence-electron chi connectivity index (χ2n) is 4.18. The second-order valence-corrected chi connectivity index (χ2v) is 4.62. The van der Waals surface area contributed by atoms with E-state index in [1.807, 2.05) is 36.4 Å². The number of rotatable bonds is 2. The molecular weight excluding hydrogens is 262 g/mol. The van der Waals surface area contributed by atoms with Crippen molar-refractivity contribution in [2.75, 3.05) is 0 Å². The average molecular weight is 272 g/mol. The summed E-state index contributed by atoms with van der Waals surface area (Å²) < 4.78 is 5.22. The van der Waals surface area contributed by atoms with Gasteiger partial charge in [-0.3, -0.25) is 0 Å². The number of benzene rings is 2. The van der Waals surface area contributed by atoms with Crippen LogP contribution in [0.1, 0.15) is 17.2 Å². The molecule has 0 radical (unpaired) electrons. The highest BCUT2D eigenvalue weighted by atomic mass is 35.5. The Morgan fingerprint density at radius 3 is 2.58 bits per heavy atom. The number of carbonyl (C=O) groups excluding carboxylic acids is 1. The van der Waals surface area contributed by atoms with E-state index in [0.29, 0.717) is 10.9 Å². The molecule has 94 valence electrons. The molecule has 0 spiro atoms. The molecule has 0 aliphatic carbocycles. The largest absolute Gasteiger partial charge is 0.405 e. The van der Waals surface area contributed by atoms with Gasteiger partial charge in [0.25, 0.3) is 0 Å². The van der Waals surface area contributed by atoms with Crippen LogP contribution in [0.5, 0.6) is 0 Å². The van der Waals surface area contributed by atoms with Crippen molar-refractivity contribution in [1.82, 2.24) is 0 Å². The fraction of sp³-hybridized carbons (Fsp3) is 0.0667. The van der Waals surface area contributed by atoms with Gasteiger partial charge in [0.15, 0.2) is 6.04 Å². The number of aliphatic imine (C=N–C) groups is 1. The van der Waals surface area contributed by atoms with Crippen molar-refractivity contribution < 1.29 is 9.53 Å². The van der Waals surface area contributed by atoms with E-state index < -0.39 is 6.04 Å². The summed E-state index contributed by atoms with van der Waals surface area (Å²) in [5.41, 5.74) is 1.53. The number of cyclic esters (lactones) is 1. The Labute approximate surface area is 115 Å². The molecule has 1 aliphatic rings. The van der Waals surface area contributed by atoms with Gasteiger partial charge in [0.05, 0.1) is 0 Å². The second kappa shape index (κ2) is 4.86. The van der Waals surface area contributed by atoms with Crippen molar-refractivity contribution in [1.29, 1.82) is 0 Å². The summed E-state index contributed by atoms with van der Waals surface area (Å²) in [6.07, 6.45) is 0. The molecule has 3 rings (SSSR count). The third kappa shape index (κ3) is 2.37. The van der Waals surface area contributed by atoms with Crippen LogP contribution in [0.4, 0.5) is 0 Å². The molecule has 2 aromatic carbocycles. The van der Waals surface area contributed by atoms with Gasteiger partial charge in [-0.05, 0) is 29.8 Å². The topological polar surface area (TPSA) is 38.7 Å². The standard InChI is InChI=1S/C15H10ClNO2/c16-12-8-4-7-11(9-12)13-15(18)19-14(17-13)10-5-2-1-3-6-10/h1-9,13H. The molecule has 1 heterocycles. The highest BCUT2D eigenvalue weighted by molar-refractivity contribution is 6.30. The summed E-state index contributed by atoms with van der Waals surface area (Å²) in [6, 6.07) is 15.8. The quantitative estimate of drug-likeness (QED) is 0.786. The Morgan fingerprint density at radius 1 is 1.05 bits per heavy atom. The van der Waals surface area contributed by atoms with Gasteiger partial charge < -0.3 is 4.74 Å². The molecular formula is C15H10ClNO2. The Bertz CT molecular complexity index is 652. The van der Waals surface area contributed by atoms with Crippen LogP contribution in [0.15, 0.2) is 59.6 Å². The fourth-order valence-electron chi connectivity index (χ4n) is 1.95. The van der Waals surface area contributed by atoms with Crippen molar-refractivity contribution in [3.8, 4) is 0 Å². The Kier molecular flexibility index (Phi) is 3.05. The van der Waals surface area contributed by atoms with E-state index >= 15 is 0 Å². The fourth-order valence-corrected chi connectivity index (χ4v) is 2.15. The molecule has 0 saturated heterocycles. The third-order valence-electron chi connectivity index (χ3n) is 2.85. The van der Waals surface area contributed by atoms with Crippen molar-refractivity contribution in [2.45, 2.75) is 6.04 Å². The van der Waals surface area contributed by atoms with Crippen molar-refractivity contribution in [2.24, 2.45) is 4.99 Å². The molecule has 2 aromatic rings. The zero-order valence-electron chi connectivity index (χ0n) is 9.92. The monoisotopic (exact) mass is 271 g/mol. The summed E-state index contributed by atoms with van der Waals surface area (Å²) >= 11 is 5.92. The van der Waals surface area contributed by atoms with Gasteiger partial charge in [0.2, 0.25) is 5.90 Å². The molecule has 1 atom stereocenters. The molecule has 0 aromatic heterocycles. The first kappa shape index (κ1) is 11.9. The SMILES string of the molecule is O=C1OC(c2ccccc2)=NC1c1cccc(Cl)c1. The number of hydrogen-bond acceptors (Lipinski definition) is 3. The summed E-state index contributed by atoms with van der Waals surface area (Å²) in [7, 11) is 0. The minimum atomic E-state index is -0.631. The number of nitrogens with zero attached hydrogens (tertiary/aromatic N) is 1. The first-order valence-corrected chi connectivity index (χ1v) is 6.22. The maximum Gasteiger partial charge on any atom is 0.342 e. The lowest BCUT2D eigenvalue weighted by Crippen LogP contribution is -2.08. The van der Waals surface area contributed by atoms with Crippen LogP contribution in [0, 0.1) is 0 Å². The number of hydrogen-bond donors (Lipinski definition) is 0. The van der Waals surface area contributed by atoms with E-state index in [-0.39, 0.29) is 5.97 Å². The number of ether oxygens (including phenoxy) is 1. The van der Waals surface area contributed by atoms with Crippen molar-refractivity contribution in [3.63, 3.8) is 0 Å². The van der Waals surface area contributed by atoms with E-state index in [1.165, 1.54) is 0 Å². The van der Waals surface area contributed by atoms with Crippen LogP contribution in [-0.2, 0) is 9.53 Å². The predicted octanol–water partition coefficient (Wildman–Crippen LogP) is 3.38. The molecule has 1 unspecified atom stereocenters. The molecule has 0 bridgehead atoms. The minimum Gasteiger partial charge on any atom is -0.405 e. The summed E-state index contributed by atoms with van der Waals surface area (Å²) in [5.74, 6) is -0.0169. The molecule has 0 amide bonds. The van der Waals surface area contributed by atoms with Crippen LogP contribution in [0.2, 0.25) is 5.02 Å². The smallest absolute Gasteiger partial charge is 0.342 e. The summed E-state index contributed by atoms with van der Waals surface area (Å²) in [5, 5.41) is 0.577. The third-order valence-corrected chi connectivity index (χ3v) is 3.09.